The molecule has 19 heavy (non-hydrogen) atoms. The molecule has 0 bridgehead atoms. The van der Waals surface area contributed by atoms with Gasteiger partial charge >= 0.3 is 0 Å². The molecule has 1 N–H and O–H groups in total. The number of aromatic nitrogens is 2. The second kappa shape index (κ2) is 4.48. The fourth-order valence-corrected chi connectivity index (χ4v) is 2.50. The van der Waals surface area contributed by atoms with E-state index in [1.807, 2.05) is 36.4 Å². The Labute approximate surface area is 114 Å². The van der Waals surface area contributed by atoms with Gasteiger partial charge in [-0.05, 0) is 35.1 Å². The van der Waals surface area contributed by atoms with Gasteiger partial charge in [0.05, 0.1) is 10.9 Å². The molecular weight excluding hydrogens is 256 g/mol. The van der Waals surface area contributed by atoms with Crippen LogP contribution >= 0.6 is 12.2 Å². The highest BCUT2D eigenvalue weighted by molar-refractivity contribution is 7.71. The normalized spacial score (nSPS) is 10.9. The van der Waals surface area contributed by atoms with E-state index in [-0.39, 0.29) is 5.56 Å². The number of nitrogens with zero attached hydrogens (tertiary/aromatic N) is 1. The van der Waals surface area contributed by atoms with E-state index in [9.17, 15) is 4.79 Å². The monoisotopic (exact) mass is 268 g/mol. The summed E-state index contributed by atoms with van der Waals surface area (Å²) in [6, 6.07) is 11.8. The standard InChI is InChI=1S/C15H12N2OS/c1-2-7-17-14(18)12-8-10-5-3-4-6-11(10)9-13(12)16-15(17)19/h2-6,8-9H,1,7H2,(H,16,19). The number of fused-ring (bicyclic) bond motifs is 2. The van der Waals surface area contributed by atoms with E-state index in [1.165, 1.54) is 4.57 Å². The van der Waals surface area contributed by atoms with Crippen molar-refractivity contribution in [3.05, 3.63) is 64.2 Å². The predicted molar refractivity (Wildman–Crippen MR) is 81.1 cm³/mol. The fourth-order valence-electron chi connectivity index (χ4n) is 2.24. The number of benzene rings is 2. The molecule has 0 aliphatic heterocycles. The highest BCUT2D eigenvalue weighted by Gasteiger charge is 2.05. The molecule has 2 aromatic carbocycles. The van der Waals surface area contributed by atoms with Crippen molar-refractivity contribution in [2.45, 2.75) is 6.54 Å². The van der Waals surface area contributed by atoms with Gasteiger partial charge < -0.3 is 4.98 Å². The second-order valence-corrected chi connectivity index (χ2v) is 4.77. The summed E-state index contributed by atoms with van der Waals surface area (Å²) >= 11 is 5.21. The van der Waals surface area contributed by atoms with Gasteiger partial charge in [0.1, 0.15) is 0 Å². The van der Waals surface area contributed by atoms with Crippen molar-refractivity contribution in [2.75, 3.05) is 0 Å². The Morgan fingerprint density at radius 3 is 2.63 bits per heavy atom. The summed E-state index contributed by atoms with van der Waals surface area (Å²) in [6.07, 6.45) is 1.66. The molecule has 0 unspecified atom stereocenters. The van der Waals surface area contributed by atoms with Crippen LogP contribution in [-0.4, -0.2) is 9.55 Å². The molecule has 0 saturated heterocycles. The van der Waals surface area contributed by atoms with Crippen LogP contribution in [0.25, 0.3) is 21.7 Å². The molecule has 0 spiro atoms. The van der Waals surface area contributed by atoms with Crippen LogP contribution < -0.4 is 5.56 Å². The number of allylic oxidation sites excluding steroid dienone is 1. The van der Waals surface area contributed by atoms with Gasteiger partial charge in [-0.3, -0.25) is 9.36 Å². The van der Waals surface area contributed by atoms with E-state index in [4.69, 9.17) is 12.2 Å². The molecule has 94 valence electrons. The first kappa shape index (κ1) is 11.9. The zero-order valence-corrected chi connectivity index (χ0v) is 11.0. The number of aromatic amines is 1. The minimum absolute atomic E-state index is 0.0793. The molecule has 0 atom stereocenters. The van der Waals surface area contributed by atoms with Crippen LogP contribution in [0.4, 0.5) is 0 Å². The predicted octanol–water partition coefficient (Wildman–Crippen LogP) is 3.40. The van der Waals surface area contributed by atoms with E-state index in [2.05, 4.69) is 11.6 Å². The van der Waals surface area contributed by atoms with E-state index < -0.39 is 0 Å². The van der Waals surface area contributed by atoms with Crippen molar-refractivity contribution in [1.82, 2.24) is 9.55 Å². The zero-order valence-electron chi connectivity index (χ0n) is 10.2. The molecule has 0 amide bonds. The van der Waals surface area contributed by atoms with Crippen LogP contribution in [-0.2, 0) is 6.54 Å². The Hall–Kier alpha value is -2.20. The lowest BCUT2D eigenvalue weighted by Gasteiger charge is -2.07. The van der Waals surface area contributed by atoms with Crippen LogP contribution in [0.2, 0.25) is 0 Å². The van der Waals surface area contributed by atoms with Gasteiger partial charge in [0.25, 0.3) is 5.56 Å². The number of hydrogen-bond acceptors (Lipinski definition) is 2. The van der Waals surface area contributed by atoms with Crippen LogP contribution in [0.15, 0.2) is 53.8 Å². The molecule has 0 saturated carbocycles. The molecule has 1 heterocycles. The molecule has 0 fully saturated rings. The van der Waals surface area contributed by atoms with Crippen molar-refractivity contribution in [1.29, 1.82) is 0 Å². The lowest BCUT2D eigenvalue weighted by Crippen LogP contribution is -2.21. The number of rotatable bonds is 2. The Kier molecular flexibility index (Phi) is 2.80. The molecule has 0 aliphatic rings. The molecular formula is C15H12N2OS. The molecule has 1 aromatic heterocycles. The van der Waals surface area contributed by atoms with Crippen LogP contribution in [0.3, 0.4) is 0 Å². The first-order valence-electron chi connectivity index (χ1n) is 5.97. The van der Waals surface area contributed by atoms with E-state index in [1.54, 1.807) is 6.08 Å². The van der Waals surface area contributed by atoms with E-state index >= 15 is 0 Å². The fraction of sp³-hybridized carbons (Fsp3) is 0.0667. The Bertz CT molecular complexity index is 905. The Balaban J connectivity index is 2.48. The van der Waals surface area contributed by atoms with Gasteiger partial charge in [-0.2, -0.15) is 0 Å². The zero-order chi connectivity index (χ0) is 13.4. The maximum atomic E-state index is 12.4. The maximum Gasteiger partial charge on any atom is 0.262 e. The van der Waals surface area contributed by atoms with Crippen LogP contribution in [0.5, 0.6) is 0 Å². The topological polar surface area (TPSA) is 37.8 Å². The van der Waals surface area contributed by atoms with Crippen molar-refractivity contribution in [3.8, 4) is 0 Å². The van der Waals surface area contributed by atoms with Crippen molar-refractivity contribution in [2.24, 2.45) is 0 Å². The summed E-state index contributed by atoms with van der Waals surface area (Å²) in [4.78, 5) is 15.5. The highest BCUT2D eigenvalue weighted by Crippen LogP contribution is 2.19. The molecule has 4 heteroatoms. The van der Waals surface area contributed by atoms with Gasteiger partial charge in [0.15, 0.2) is 4.77 Å². The quantitative estimate of drug-likeness (QED) is 0.439. The Morgan fingerprint density at radius 1 is 1.26 bits per heavy atom. The Morgan fingerprint density at radius 2 is 1.95 bits per heavy atom. The average molecular weight is 268 g/mol. The van der Waals surface area contributed by atoms with Gasteiger partial charge in [-0.1, -0.05) is 30.3 Å². The van der Waals surface area contributed by atoms with Gasteiger partial charge in [-0.25, -0.2) is 0 Å². The van der Waals surface area contributed by atoms with Gasteiger partial charge in [0, 0.05) is 6.54 Å². The minimum Gasteiger partial charge on any atom is -0.332 e. The summed E-state index contributed by atoms with van der Waals surface area (Å²) < 4.78 is 1.94. The molecule has 3 nitrogen and oxygen atoms in total. The van der Waals surface area contributed by atoms with Gasteiger partial charge in [0.2, 0.25) is 0 Å². The summed E-state index contributed by atoms with van der Waals surface area (Å²) in [5, 5.41) is 2.78. The third kappa shape index (κ3) is 1.90. The minimum atomic E-state index is -0.0793. The smallest absolute Gasteiger partial charge is 0.262 e. The van der Waals surface area contributed by atoms with Crippen LogP contribution in [0.1, 0.15) is 0 Å². The van der Waals surface area contributed by atoms with E-state index in [0.29, 0.717) is 16.7 Å². The van der Waals surface area contributed by atoms with Crippen LogP contribution in [0, 0.1) is 4.77 Å². The first-order chi connectivity index (χ1) is 9.20. The van der Waals surface area contributed by atoms with Crippen molar-refractivity contribution < 1.29 is 0 Å². The van der Waals surface area contributed by atoms with Gasteiger partial charge in [-0.15, -0.1) is 6.58 Å². The third-order valence-corrected chi connectivity index (χ3v) is 3.48. The first-order valence-corrected chi connectivity index (χ1v) is 6.38. The molecule has 3 aromatic rings. The summed E-state index contributed by atoms with van der Waals surface area (Å²) in [7, 11) is 0. The number of H-pyrrole nitrogens is 1. The van der Waals surface area contributed by atoms with Crippen molar-refractivity contribution in [3.63, 3.8) is 0 Å². The molecule has 0 aliphatic carbocycles. The van der Waals surface area contributed by atoms with E-state index in [0.717, 1.165) is 16.3 Å². The summed E-state index contributed by atoms with van der Waals surface area (Å²) in [5.41, 5.74) is 0.693. The summed E-state index contributed by atoms with van der Waals surface area (Å²) in [5.74, 6) is 0. The van der Waals surface area contributed by atoms with Crippen molar-refractivity contribution >= 4 is 33.9 Å². The summed E-state index contributed by atoms with van der Waals surface area (Å²) in [6.45, 7) is 4.06. The second-order valence-electron chi connectivity index (χ2n) is 4.38. The third-order valence-electron chi connectivity index (χ3n) is 3.16. The number of hydrogen-bond donors (Lipinski definition) is 1. The number of nitrogens with one attached hydrogen (secondary N) is 1. The average Bonchev–Trinajstić information content (AvgIpc) is 2.42. The lowest BCUT2D eigenvalue weighted by molar-refractivity contribution is 0.753. The SMILES string of the molecule is C=CCn1c(=S)[nH]c2cc3ccccc3cc2c1=O. The molecule has 0 radical (unpaired) electrons. The highest BCUT2D eigenvalue weighted by atomic mass is 32.1. The largest absolute Gasteiger partial charge is 0.332 e. The maximum absolute atomic E-state index is 12.4. The molecule has 3 rings (SSSR count). The lowest BCUT2D eigenvalue weighted by atomic mass is 10.1.